The molecule has 0 spiro atoms. The van der Waals surface area contributed by atoms with Crippen LogP contribution in [0.25, 0.3) is 0 Å². The van der Waals surface area contributed by atoms with Gasteiger partial charge in [-0.3, -0.25) is 4.79 Å². The molecular weight excluding hydrogens is 524 g/mol. The number of rotatable bonds is 7. The van der Waals surface area contributed by atoms with Crippen LogP contribution in [-0.2, 0) is 6.42 Å². The summed E-state index contributed by atoms with van der Waals surface area (Å²) in [6.45, 7) is 6.46. The molecule has 1 unspecified atom stereocenters. The molecule has 2 aromatic heterocycles. The van der Waals surface area contributed by atoms with E-state index in [1.807, 2.05) is 71.6 Å². The number of para-hydroxylation sites is 1. The van der Waals surface area contributed by atoms with E-state index in [1.165, 1.54) is 0 Å². The fourth-order valence-corrected chi connectivity index (χ4v) is 6.43. The summed E-state index contributed by atoms with van der Waals surface area (Å²) in [7, 11) is 3.50. The van der Waals surface area contributed by atoms with E-state index in [0.29, 0.717) is 38.3 Å². The van der Waals surface area contributed by atoms with Crippen LogP contribution in [-0.4, -0.2) is 96.1 Å². The lowest BCUT2D eigenvalue weighted by molar-refractivity contribution is 0.0737. The number of hydrogen-bond acceptors (Lipinski definition) is 7. The molecule has 5 rings (SSSR count). The average Bonchev–Trinajstić information content (AvgIpc) is 3.51. The first-order valence-corrected chi connectivity index (χ1v) is 14.9. The summed E-state index contributed by atoms with van der Waals surface area (Å²) < 4.78 is 5.47. The van der Waals surface area contributed by atoms with E-state index in [1.54, 1.807) is 29.5 Å². The Morgan fingerprint density at radius 1 is 1.02 bits per heavy atom. The Hall–Kier alpha value is -3.66. The molecule has 0 radical (unpaired) electrons. The number of aromatic nitrogens is 2. The molecule has 2 aliphatic rings. The Kier molecular flexibility index (Phi) is 8.84. The number of methoxy groups -OCH3 is 1. The normalized spacial score (nSPS) is 17.0. The van der Waals surface area contributed by atoms with Gasteiger partial charge in [0.2, 0.25) is 0 Å². The van der Waals surface area contributed by atoms with Crippen LogP contribution in [0.5, 0.6) is 5.75 Å². The Bertz CT molecular complexity index is 1290. The predicted molar refractivity (Wildman–Crippen MR) is 157 cm³/mol. The van der Waals surface area contributed by atoms with Gasteiger partial charge in [0.15, 0.2) is 0 Å². The number of benzene rings is 1. The minimum atomic E-state index is -0.0673. The number of nitrogens with zero attached hydrogens (tertiary/aromatic N) is 6. The largest absolute Gasteiger partial charge is 0.496 e. The molecule has 3 amide bonds. The molecule has 0 bridgehead atoms. The van der Waals surface area contributed by atoms with E-state index in [-0.39, 0.29) is 23.9 Å². The van der Waals surface area contributed by atoms with Gasteiger partial charge in [0.05, 0.1) is 12.1 Å². The average molecular weight is 563 g/mol. The van der Waals surface area contributed by atoms with Crippen molar-refractivity contribution in [1.29, 1.82) is 0 Å². The summed E-state index contributed by atoms with van der Waals surface area (Å²) in [5.74, 6) is 2.01. The van der Waals surface area contributed by atoms with Gasteiger partial charge in [-0.1, -0.05) is 24.3 Å². The third kappa shape index (κ3) is 6.22. The van der Waals surface area contributed by atoms with Crippen LogP contribution >= 0.6 is 11.3 Å². The van der Waals surface area contributed by atoms with Gasteiger partial charge >= 0.3 is 6.03 Å². The highest BCUT2D eigenvalue weighted by Crippen LogP contribution is 2.31. The highest BCUT2D eigenvalue weighted by molar-refractivity contribution is 7.09. The fraction of sp³-hybridized carbons (Fsp3) is 0.467. The molecule has 212 valence electrons. The minimum Gasteiger partial charge on any atom is -0.496 e. The molecule has 0 aliphatic carbocycles. The summed E-state index contributed by atoms with van der Waals surface area (Å²) in [5.41, 5.74) is 1.58. The lowest BCUT2D eigenvalue weighted by Gasteiger charge is -2.39. The van der Waals surface area contributed by atoms with Crippen LogP contribution < -0.4 is 9.64 Å². The summed E-state index contributed by atoms with van der Waals surface area (Å²) in [6.07, 6.45) is 4.23. The molecule has 0 N–H and O–H groups in total. The zero-order valence-corrected chi connectivity index (χ0v) is 24.3. The number of urea groups is 1. The molecule has 0 saturated carbocycles. The first-order valence-electron chi connectivity index (χ1n) is 14.0. The van der Waals surface area contributed by atoms with E-state index in [4.69, 9.17) is 9.72 Å². The Morgan fingerprint density at radius 3 is 2.42 bits per heavy atom. The summed E-state index contributed by atoms with van der Waals surface area (Å²) in [6, 6.07) is 14.0. The smallest absolute Gasteiger partial charge is 0.320 e. The van der Waals surface area contributed by atoms with Crippen LogP contribution in [0.4, 0.5) is 10.6 Å². The van der Waals surface area contributed by atoms with E-state index < -0.39 is 0 Å². The number of piperazine rings is 1. The number of amides is 3. The molecule has 1 atom stereocenters. The van der Waals surface area contributed by atoms with Crippen molar-refractivity contribution in [2.45, 2.75) is 38.1 Å². The minimum absolute atomic E-state index is 0.00553. The SMILES string of the molecule is COc1ccccc1CC(C)N(C)C(=O)c1csc(C2CCN(C(=O)N3CCN(c4ccccn4)CC3)CC2)n1. The molecule has 3 aromatic rings. The number of ether oxygens (including phenoxy) is 1. The van der Waals surface area contributed by atoms with Crippen LogP contribution in [0.2, 0.25) is 0 Å². The van der Waals surface area contributed by atoms with Crippen LogP contribution in [0, 0.1) is 0 Å². The highest BCUT2D eigenvalue weighted by Gasteiger charge is 2.31. The molecule has 2 fully saturated rings. The van der Waals surface area contributed by atoms with Crippen LogP contribution in [0.1, 0.15) is 46.7 Å². The maximum atomic E-state index is 13.2. The lowest BCUT2D eigenvalue weighted by Crippen LogP contribution is -2.54. The zero-order chi connectivity index (χ0) is 28.1. The number of carbonyl (C=O) groups excluding carboxylic acids is 2. The van der Waals surface area contributed by atoms with Gasteiger partial charge in [-0.25, -0.2) is 14.8 Å². The summed E-state index contributed by atoms with van der Waals surface area (Å²) >= 11 is 1.56. The number of carbonyl (C=O) groups is 2. The van der Waals surface area contributed by atoms with Crippen molar-refractivity contribution in [3.8, 4) is 5.75 Å². The molecule has 1 aromatic carbocycles. The Balaban J connectivity index is 1.11. The Labute approximate surface area is 240 Å². The summed E-state index contributed by atoms with van der Waals surface area (Å²) in [4.78, 5) is 43.5. The fourth-order valence-electron chi connectivity index (χ4n) is 5.47. The second-order valence-corrected chi connectivity index (χ2v) is 11.4. The molecule has 9 nitrogen and oxygen atoms in total. The number of pyridine rings is 1. The van der Waals surface area contributed by atoms with Crippen LogP contribution in [0.15, 0.2) is 54.0 Å². The van der Waals surface area contributed by atoms with Crippen molar-refractivity contribution < 1.29 is 14.3 Å². The molecule has 10 heteroatoms. The van der Waals surface area contributed by atoms with Crippen molar-refractivity contribution >= 4 is 29.1 Å². The third-order valence-corrected chi connectivity index (χ3v) is 9.08. The van der Waals surface area contributed by atoms with Gasteiger partial charge in [0.25, 0.3) is 5.91 Å². The van der Waals surface area contributed by atoms with Gasteiger partial charge in [0, 0.05) is 69.9 Å². The second kappa shape index (κ2) is 12.7. The monoisotopic (exact) mass is 562 g/mol. The molecular formula is C30H38N6O3S. The van der Waals surface area contributed by atoms with Gasteiger partial charge in [-0.05, 0) is 49.9 Å². The van der Waals surface area contributed by atoms with Gasteiger partial charge < -0.3 is 24.3 Å². The van der Waals surface area contributed by atoms with Crippen molar-refractivity contribution in [2.24, 2.45) is 0 Å². The number of anilines is 1. The number of piperidine rings is 1. The molecule has 2 aliphatic heterocycles. The third-order valence-electron chi connectivity index (χ3n) is 8.07. The van der Waals surface area contributed by atoms with Crippen molar-refractivity contribution in [3.05, 3.63) is 70.3 Å². The number of likely N-dealkylation sites (N-methyl/N-ethyl adjacent to an activating group) is 1. The van der Waals surface area contributed by atoms with Gasteiger partial charge in [0.1, 0.15) is 17.3 Å². The molecule has 40 heavy (non-hydrogen) atoms. The van der Waals surface area contributed by atoms with Crippen molar-refractivity contribution in [2.75, 3.05) is 58.3 Å². The molecule has 2 saturated heterocycles. The maximum absolute atomic E-state index is 13.2. The first kappa shape index (κ1) is 27.9. The van der Waals surface area contributed by atoms with Gasteiger partial charge in [-0.2, -0.15) is 0 Å². The lowest BCUT2D eigenvalue weighted by atomic mass is 9.98. The Morgan fingerprint density at radius 2 is 1.73 bits per heavy atom. The van der Waals surface area contributed by atoms with Crippen molar-refractivity contribution in [1.82, 2.24) is 24.7 Å². The molecule has 4 heterocycles. The first-order chi connectivity index (χ1) is 19.4. The van der Waals surface area contributed by atoms with E-state index in [9.17, 15) is 9.59 Å². The zero-order valence-electron chi connectivity index (χ0n) is 23.5. The highest BCUT2D eigenvalue weighted by atomic mass is 32.1. The topological polar surface area (TPSA) is 82.1 Å². The number of hydrogen-bond donors (Lipinski definition) is 0. The second-order valence-electron chi connectivity index (χ2n) is 10.6. The number of thiazole rings is 1. The summed E-state index contributed by atoms with van der Waals surface area (Å²) in [5, 5.41) is 2.87. The van der Waals surface area contributed by atoms with Crippen molar-refractivity contribution in [3.63, 3.8) is 0 Å². The van der Waals surface area contributed by atoms with E-state index >= 15 is 0 Å². The standard InChI is InChI=1S/C30H38N6O3S/c1-22(20-24-8-4-5-9-26(24)39-3)33(2)29(37)25-21-40-28(32-25)23-11-14-35(15-12-23)30(38)36-18-16-34(17-19-36)27-10-6-7-13-31-27/h4-10,13,21-23H,11-12,14-20H2,1-3H3. The van der Waals surface area contributed by atoms with E-state index in [2.05, 4.69) is 9.88 Å². The van der Waals surface area contributed by atoms with E-state index in [0.717, 1.165) is 48.1 Å². The number of likely N-dealkylation sites (tertiary alicyclic amines) is 1. The van der Waals surface area contributed by atoms with Crippen LogP contribution in [0.3, 0.4) is 0 Å². The predicted octanol–water partition coefficient (Wildman–Crippen LogP) is 4.37. The maximum Gasteiger partial charge on any atom is 0.320 e. The van der Waals surface area contributed by atoms with Gasteiger partial charge in [-0.15, -0.1) is 11.3 Å². The quantitative estimate of drug-likeness (QED) is 0.425.